The molecule has 0 fully saturated rings. The Hall–Kier alpha value is -2.96. The third-order valence-electron chi connectivity index (χ3n) is 3.70. The quantitative estimate of drug-likeness (QED) is 0.839. The van der Waals surface area contributed by atoms with E-state index in [9.17, 15) is 4.79 Å². The van der Waals surface area contributed by atoms with E-state index in [0.29, 0.717) is 22.9 Å². The summed E-state index contributed by atoms with van der Waals surface area (Å²) in [6.07, 6.45) is 1.75. The van der Waals surface area contributed by atoms with Crippen LogP contribution in [0.3, 0.4) is 0 Å². The van der Waals surface area contributed by atoms with Gasteiger partial charge in [0.05, 0.1) is 33.1 Å². The van der Waals surface area contributed by atoms with Crippen molar-refractivity contribution in [3.05, 3.63) is 41.7 Å². The van der Waals surface area contributed by atoms with Gasteiger partial charge in [0.1, 0.15) is 0 Å². The Morgan fingerprint density at radius 1 is 1.08 bits per heavy atom. The van der Waals surface area contributed by atoms with Crippen LogP contribution in [0.5, 0.6) is 17.2 Å². The Balaban J connectivity index is 2.10. The molecular formula is C18H23N3O4. The molecule has 0 aliphatic carbocycles. The van der Waals surface area contributed by atoms with Crippen LogP contribution in [-0.2, 0) is 0 Å². The summed E-state index contributed by atoms with van der Waals surface area (Å²) in [5.74, 6) is 1.40. The van der Waals surface area contributed by atoms with Crippen molar-refractivity contribution in [1.29, 1.82) is 0 Å². The maximum Gasteiger partial charge on any atom is 0.319 e. The van der Waals surface area contributed by atoms with Crippen LogP contribution in [0.2, 0.25) is 0 Å². The fourth-order valence-corrected chi connectivity index (χ4v) is 2.34. The molecule has 2 N–H and O–H groups in total. The van der Waals surface area contributed by atoms with Crippen molar-refractivity contribution in [2.75, 3.05) is 26.6 Å². The lowest BCUT2D eigenvalue weighted by atomic mass is 10.1. The van der Waals surface area contributed by atoms with Crippen LogP contribution in [0.15, 0.2) is 30.5 Å². The van der Waals surface area contributed by atoms with E-state index in [-0.39, 0.29) is 12.1 Å². The second-order valence-corrected chi connectivity index (χ2v) is 5.47. The number of nitrogens with one attached hydrogen (secondary N) is 2. The molecule has 2 rings (SSSR count). The van der Waals surface area contributed by atoms with Crippen molar-refractivity contribution in [3.8, 4) is 17.2 Å². The number of methoxy groups -OCH3 is 3. The van der Waals surface area contributed by atoms with E-state index >= 15 is 0 Å². The summed E-state index contributed by atoms with van der Waals surface area (Å²) in [7, 11) is 4.57. The van der Waals surface area contributed by atoms with Crippen LogP contribution in [0.25, 0.3) is 0 Å². The van der Waals surface area contributed by atoms with E-state index in [1.165, 1.54) is 21.3 Å². The maximum atomic E-state index is 12.3. The molecule has 2 aromatic rings. The van der Waals surface area contributed by atoms with Crippen molar-refractivity contribution in [2.45, 2.75) is 19.9 Å². The molecule has 1 aromatic carbocycles. The molecule has 1 unspecified atom stereocenters. The highest BCUT2D eigenvalue weighted by atomic mass is 16.5. The summed E-state index contributed by atoms with van der Waals surface area (Å²) in [5.41, 5.74) is 2.38. The normalized spacial score (nSPS) is 11.4. The predicted octanol–water partition coefficient (Wildman–Crippen LogP) is 3.30. The lowest BCUT2D eigenvalue weighted by Gasteiger charge is -2.17. The molecular weight excluding hydrogens is 322 g/mol. The number of amides is 2. The fourth-order valence-electron chi connectivity index (χ4n) is 2.34. The molecule has 0 saturated carbocycles. The highest BCUT2D eigenvalue weighted by Crippen LogP contribution is 2.39. The van der Waals surface area contributed by atoms with Crippen LogP contribution in [0.1, 0.15) is 24.2 Å². The number of anilines is 1. The number of rotatable bonds is 6. The third kappa shape index (κ3) is 4.53. The number of pyridine rings is 1. The van der Waals surface area contributed by atoms with Gasteiger partial charge in [0.25, 0.3) is 0 Å². The monoisotopic (exact) mass is 345 g/mol. The minimum atomic E-state index is -0.345. The minimum absolute atomic E-state index is 0.185. The molecule has 1 heterocycles. The molecule has 7 nitrogen and oxygen atoms in total. The van der Waals surface area contributed by atoms with Crippen molar-refractivity contribution < 1.29 is 19.0 Å². The van der Waals surface area contributed by atoms with Crippen molar-refractivity contribution in [3.63, 3.8) is 0 Å². The lowest BCUT2D eigenvalue weighted by Crippen LogP contribution is -2.31. The van der Waals surface area contributed by atoms with Gasteiger partial charge in [-0.2, -0.15) is 0 Å². The van der Waals surface area contributed by atoms with Gasteiger partial charge in [-0.3, -0.25) is 4.98 Å². The summed E-state index contributed by atoms with van der Waals surface area (Å²) < 4.78 is 15.8. The summed E-state index contributed by atoms with van der Waals surface area (Å²) in [6.45, 7) is 3.81. The van der Waals surface area contributed by atoms with Crippen LogP contribution in [0.4, 0.5) is 10.5 Å². The molecule has 0 bridgehead atoms. The summed E-state index contributed by atoms with van der Waals surface area (Å²) in [4.78, 5) is 16.5. The molecule has 1 aromatic heterocycles. The zero-order valence-electron chi connectivity index (χ0n) is 15.0. The molecule has 25 heavy (non-hydrogen) atoms. The Kier molecular flexibility index (Phi) is 6.05. The summed E-state index contributed by atoms with van der Waals surface area (Å²) >= 11 is 0. The average Bonchev–Trinajstić information content (AvgIpc) is 2.61. The first-order valence-electron chi connectivity index (χ1n) is 7.78. The molecule has 0 aliphatic heterocycles. The second-order valence-electron chi connectivity index (χ2n) is 5.47. The molecule has 134 valence electrons. The lowest BCUT2D eigenvalue weighted by molar-refractivity contribution is 0.249. The number of aryl methyl sites for hydroxylation is 1. The Bertz CT molecular complexity index is 707. The van der Waals surface area contributed by atoms with Crippen LogP contribution >= 0.6 is 0 Å². The molecule has 2 amide bonds. The zero-order chi connectivity index (χ0) is 18.4. The highest BCUT2D eigenvalue weighted by molar-refractivity contribution is 5.90. The van der Waals surface area contributed by atoms with Crippen molar-refractivity contribution >= 4 is 11.7 Å². The van der Waals surface area contributed by atoms with E-state index in [1.807, 2.05) is 26.0 Å². The Morgan fingerprint density at radius 3 is 2.20 bits per heavy atom. The van der Waals surface area contributed by atoms with Crippen LogP contribution in [-0.4, -0.2) is 32.3 Å². The first-order valence-corrected chi connectivity index (χ1v) is 7.78. The number of nitrogens with zero attached hydrogens (tertiary/aromatic N) is 1. The Labute approximate surface area is 147 Å². The SMILES string of the molecule is COc1cc(NC(=O)NC(C)c2ccc(C)nc2)cc(OC)c1OC. The highest BCUT2D eigenvalue weighted by Gasteiger charge is 2.15. The molecule has 0 radical (unpaired) electrons. The number of carbonyl (C=O) groups excluding carboxylic acids is 1. The molecule has 0 spiro atoms. The van der Waals surface area contributed by atoms with Crippen molar-refractivity contribution in [1.82, 2.24) is 10.3 Å². The van der Waals surface area contributed by atoms with E-state index in [4.69, 9.17) is 14.2 Å². The average molecular weight is 345 g/mol. The van der Waals surface area contributed by atoms with E-state index in [2.05, 4.69) is 15.6 Å². The number of carbonyl (C=O) groups is 1. The molecule has 1 atom stereocenters. The van der Waals surface area contributed by atoms with Gasteiger partial charge < -0.3 is 24.8 Å². The second kappa shape index (κ2) is 8.23. The van der Waals surface area contributed by atoms with Gasteiger partial charge in [0.2, 0.25) is 5.75 Å². The predicted molar refractivity (Wildman–Crippen MR) is 95.6 cm³/mol. The largest absolute Gasteiger partial charge is 0.493 e. The number of benzene rings is 1. The number of aromatic nitrogens is 1. The summed E-state index contributed by atoms with van der Waals surface area (Å²) in [5, 5.41) is 5.63. The van der Waals surface area contributed by atoms with Crippen LogP contribution < -0.4 is 24.8 Å². The van der Waals surface area contributed by atoms with Crippen LogP contribution in [0, 0.1) is 6.92 Å². The summed E-state index contributed by atoms with van der Waals surface area (Å²) in [6, 6.07) is 6.65. The van der Waals surface area contributed by atoms with E-state index in [0.717, 1.165) is 11.3 Å². The van der Waals surface area contributed by atoms with Gasteiger partial charge in [-0.05, 0) is 25.5 Å². The number of ether oxygens (including phenoxy) is 3. The molecule has 0 aliphatic rings. The topological polar surface area (TPSA) is 81.7 Å². The van der Waals surface area contributed by atoms with Gasteiger partial charge in [-0.1, -0.05) is 6.07 Å². The number of hydrogen-bond donors (Lipinski definition) is 2. The van der Waals surface area contributed by atoms with E-state index in [1.54, 1.807) is 18.3 Å². The smallest absolute Gasteiger partial charge is 0.319 e. The zero-order valence-corrected chi connectivity index (χ0v) is 15.0. The molecule has 7 heteroatoms. The fraction of sp³-hybridized carbons (Fsp3) is 0.333. The first-order chi connectivity index (χ1) is 12.0. The van der Waals surface area contributed by atoms with Gasteiger partial charge in [-0.15, -0.1) is 0 Å². The van der Waals surface area contributed by atoms with Crippen molar-refractivity contribution in [2.24, 2.45) is 0 Å². The standard InChI is InChI=1S/C18H23N3O4/c1-11-6-7-13(10-19-11)12(2)20-18(22)21-14-8-15(23-3)17(25-5)16(9-14)24-4/h6-10,12H,1-5H3,(H2,20,21,22). The minimum Gasteiger partial charge on any atom is -0.493 e. The van der Waals surface area contributed by atoms with Gasteiger partial charge >= 0.3 is 6.03 Å². The number of hydrogen-bond acceptors (Lipinski definition) is 5. The van der Waals surface area contributed by atoms with Gasteiger partial charge in [0, 0.05) is 24.0 Å². The van der Waals surface area contributed by atoms with Gasteiger partial charge in [0.15, 0.2) is 11.5 Å². The first kappa shape index (κ1) is 18.4. The van der Waals surface area contributed by atoms with E-state index < -0.39 is 0 Å². The molecule has 0 saturated heterocycles. The maximum absolute atomic E-state index is 12.3. The van der Waals surface area contributed by atoms with Gasteiger partial charge in [-0.25, -0.2) is 4.79 Å². The number of urea groups is 1. The third-order valence-corrected chi connectivity index (χ3v) is 3.70. The Morgan fingerprint density at radius 2 is 1.72 bits per heavy atom.